The lowest BCUT2D eigenvalue weighted by molar-refractivity contribution is -0.149. The van der Waals surface area contributed by atoms with Gasteiger partial charge in [0, 0.05) is 13.0 Å². The molecule has 1 aliphatic heterocycles. The average Bonchev–Trinajstić information content (AvgIpc) is 2.82. The molecule has 122 valence electrons. The van der Waals surface area contributed by atoms with Gasteiger partial charge in [-0.1, -0.05) is 0 Å². The lowest BCUT2D eigenvalue weighted by Gasteiger charge is -2.16. The van der Waals surface area contributed by atoms with Crippen LogP contribution in [0.3, 0.4) is 0 Å². The molecule has 9 nitrogen and oxygen atoms in total. The smallest absolute Gasteiger partial charge is 0.330 e. The van der Waals surface area contributed by atoms with Crippen LogP contribution in [-0.2, 0) is 14.3 Å². The summed E-state index contributed by atoms with van der Waals surface area (Å²) in [6.07, 6.45) is -2.08. The molecule has 0 aliphatic carbocycles. The van der Waals surface area contributed by atoms with Crippen LogP contribution in [0.4, 0.5) is 4.39 Å². The summed E-state index contributed by atoms with van der Waals surface area (Å²) in [4.78, 5) is 35.6. The van der Waals surface area contributed by atoms with Crippen molar-refractivity contribution < 1.29 is 23.8 Å². The van der Waals surface area contributed by atoms with Crippen LogP contribution >= 0.6 is 0 Å². The summed E-state index contributed by atoms with van der Waals surface area (Å²) in [5.74, 6) is -1.68. The number of hydrogen-bond donors (Lipinski definition) is 3. The van der Waals surface area contributed by atoms with Crippen LogP contribution in [0, 0.1) is 5.82 Å². The zero-order valence-corrected chi connectivity index (χ0v) is 11.5. The van der Waals surface area contributed by atoms with Crippen molar-refractivity contribution in [3.05, 3.63) is 32.9 Å². The number of H-pyrrole nitrogens is 1. The summed E-state index contributed by atoms with van der Waals surface area (Å²) in [5.41, 5.74) is 3.21. The van der Waals surface area contributed by atoms with Crippen LogP contribution in [0.1, 0.15) is 19.1 Å². The maximum atomic E-state index is 13.2. The average molecular weight is 317 g/mol. The van der Waals surface area contributed by atoms with Crippen LogP contribution in [0.2, 0.25) is 0 Å². The van der Waals surface area contributed by atoms with Gasteiger partial charge in [0.1, 0.15) is 18.9 Å². The fraction of sp³-hybridized carbons (Fsp3) is 0.583. The number of esters is 1. The molecule has 0 unspecified atom stereocenters. The second kappa shape index (κ2) is 6.81. The topological polar surface area (TPSA) is 137 Å². The molecule has 2 heterocycles. The number of carbonyl (C=O) groups is 1. The Kier molecular flexibility index (Phi) is 5.06. The Bertz CT molecular complexity index is 657. The Hall–Kier alpha value is -2.04. The summed E-state index contributed by atoms with van der Waals surface area (Å²) < 4.78 is 24.3. The lowest BCUT2D eigenvalue weighted by atomic mass is 10.2. The molecule has 4 N–H and O–H groups in total. The molecule has 1 aromatic heterocycles. The molecule has 0 aromatic carbocycles. The predicted molar refractivity (Wildman–Crippen MR) is 70.4 cm³/mol. The van der Waals surface area contributed by atoms with E-state index < -0.39 is 41.5 Å². The van der Waals surface area contributed by atoms with Crippen LogP contribution in [0.15, 0.2) is 15.8 Å². The number of nitrogens with two attached hydrogens (primary N) is 1. The molecule has 0 bridgehead atoms. The van der Waals surface area contributed by atoms with Crippen molar-refractivity contribution in [2.75, 3.05) is 13.2 Å². The van der Waals surface area contributed by atoms with Gasteiger partial charge in [-0.2, -0.15) is 4.39 Å². The Morgan fingerprint density at radius 1 is 1.59 bits per heavy atom. The predicted octanol–water partition coefficient (Wildman–Crippen LogP) is -1.78. The maximum absolute atomic E-state index is 13.2. The quantitative estimate of drug-likeness (QED) is 0.546. The van der Waals surface area contributed by atoms with E-state index >= 15 is 0 Å². The van der Waals surface area contributed by atoms with E-state index in [1.807, 2.05) is 0 Å². The fourth-order valence-electron chi connectivity index (χ4n) is 2.08. The molecule has 1 fully saturated rings. The van der Waals surface area contributed by atoms with Crippen molar-refractivity contribution in [2.45, 2.75) is 31.3 Å². The molecule has 0 amide bonds. The zero-order valence-electron chi connectivity index (χ0n) is 11.5. The van der Waals surface area contributed by atoms with Gasteiger partial charge in [0.25, 0.3) is 5.56 Å². The van der Waals surface area contributed by atoms with Crippen molar-refractivity contribution in [1.29, 1.82) is 0 Å². The zero-order chi connectivity index (χ0) is 16.3. The minimum absolute atomic E-state index is 0.00943. The number of aromatic nitrogens is 2. The van der Waals surface area contributed by atoms with E-state index in [-0.39, 0.29) is 26.0 Å². The second-order valence-electron chi connectivity index (χ2n) is 4.80. The third-order valence-corrected chi connectivity index (χ3v) is 3.20. The second-order valence-corrected chi connectivity index (χ2v) is 4.80. The highest BCUT2D eigenvalue weighted by atomic mass is 19.1. The number of nitrogens with zero attached hydrogens (tertiary/aromatic N) is 1. The highest BCUT2D eigenvalue weighted by molar-refractivity contribution is 5.69. The van der Waals surface area contributed by atoms with Gasteiger partial charge in [-0.05, 0) is 0 Å². The molecular formula is C12H16FN3O6. The molecule has 10 heteroatoms. The summed E-state index contributed by atoms with van der Waals surface area (Å²) in [6, 6.07) is 0. The molecule has 3 atom stereocenters. The number of aliphatic hydroxyl groups is 1. The van der Waals surface area contributed by atoms with E-state index in [4.69, 9.17) is 15.2 Å². The van der Waals surface area contributed by atoms with Gasteiger partial charge in [-0.25, -0.2) is 4.79 Å². The van der Waals surface area contributed by atoms with Crippen LogP contribution in [-0.4, -0.2) is 46.0 Å². The summed E-state index contributed by atoms with van der Waals surface area (Å²) in [5, 5.41) is 9.86. The van der Waals surface area contributed by atoms with Crippen molar-refractivity contribution in [1.82, 2.24) is 9.55 Å². The Balaban J connectivity index is 2.04. The van der Waals surface area contributed by atoms with E-state index in [0.717, 1.165) is 4.57 Å². The minimum Gasteiger partial charge on any atom is -0.463 e. The molecule has 1 aliphatic rings. The monoisotopic (exact) mass is 317 g/mol. The highest BCUT2D eigenvalue weighted by Gasteiger charge is 2.36. The molecule has 0 radical (unpaired) electrons. The van der Waals surface area contributed by atoms with Gasteiger partial charge in [-0.15, -0.1) is 0 Å². The van der Waals surface area contributed by atoms with Crippen molar-refractivity contribution in [3.8, 4) is 0 Å². The largest absolute Gasteiger partial charge is 0.463 e. The number of rotatable bonds is 5. The van der Waals surface area contributed by atoms with Crippen LogP contribution in [0.25, 0.3) is 0 Å². The molecule has 1 aromatic rings. The number of nitrogens with one attached hydrogen (secondary N) is 1. The first kappa shape index (κ1) is 16.3. The summed E-state index contributed by atoms with van der Waals surface area (Å²) in [7, 11) is 0. The third kappa shape index (κ3) is 3.59. The molecule has 2 rings (SSSR count). The van der Waals surface area contributed by atoms with E-state index in [1.54, 1.807) is 4.98 Å². The Labute approximate surface area is 123 Å². The van der Waals surface area contributed by atoms with Crippen molar-refractivity contribution >= 4 is 5.97 Å². The number of ether oxygens (including phenoxy) is 2. The van der Waals surface area contributed by atoms with Crippen molar-refractivity contribution in [2.24, 2.45) is 5.73 Å². The summed E-state index contributed by atoms with van der Waals surface area (Å²) >= 11 is 0. The van der Waals surface area contributed by atoms with E-state index in [2.05, 4.69) is 0 Å². The van der Waals surface area contributed by atoms with Gasteiger partial charge >= 0.3 is 11.7 Å². The molecule has 1 saturated heterocycles. The van der Waals surface area contributed by atoms with E-state index in [9.17, 15) is 23.9 Å². The number of hydrogen-bond acceptors (Lipinski definition) is 7. The van der Waals surface area contributed by atoms with Crippen LogP contribution < -0.4 is 17.0 Å². The number of aliphatic hydroxyl groups excluding tert-OH is 1. The lowest BCUT2D eigenvalue weighted by Crippen LogP contribution is -2.34. The van der Waals surface area contributed by atoms with Crippen LogP contribution in [0.5, 0.6) is 0 Å². The molecule has 0 spiro atoms. The molecule has 0 saturated carbocycles. The number of aromatic amines is 1. The molecule has 22 heavy (non-hydrogen) atoms. The Morgan fingerprint density at radius 3 is 3.00 bits per heavy atom. The first-order valence-electron chi connectivity index (χ1n) is 6.62. The van der Waals surface area contributed by atoms with Gasteiger partial charge in [0.05, 0.1) is 18.7 Å². The standard InChI is InChI=1S/C12H16FN3O6/c13-6-4-16(12(20)15-11(6)19)9-3-7(17)8(22-9)5-21-10(18)1-2-14/h4,7-9,17H,1-3,5,14H2,(H,15,19,20)/t7-,8+,9+/m0/s1. The number of halogens is 1. The third-order valence-electron chi connectivity index (χ3n) is 3.20. The van der Waals surface area contributed by atoms with Gasteiger partial charge in [0.15, 0.2) is 0 Å². The van der Waals surface area contributed by atoms with Gasteiger partial charge in [0.2, 0.25) is 5.82 Å². The van der Waals surface area contributed by atoms with E-state index in [1.165, 1.54) is 0 Å². The number of carbonyl (C=O) groups excluding carboxylic acids is 1. The first-order valence-corrected chi connectivity index (χ1v) is 6.62. The molecular weight excluding hydrogens is 301 g/mol. The SMILES string of the molecule is NCCC(=O)OC[C@H]1O[C@@H](n2cc(F)c(=O)[nH]c2=O)C[C@@H]1O. The normalized spacial score (nSPS) is 24.4. The summed E-state index contributed by atoms with van der Waals surface area (Å²) in [6.45, 7) is -0.0708. The Morgan fingerprint density at radius 2 is 2.32 bits per heavy atom. The minimum atomic E-state index is -1.14. The van der Waals surface area contributed by atoms with Gasteiger partial charge in [-0.3, -0.25) is 19.1 Å². The van der Waals surface area contributed by atoms with Gasteiger partial charge < -0.3 is 20.3 Å². The highest BCUT2D eigenvalue weighted by Crippen LogP contribution is 2.27. The van der Waals surface area contributed by atoms with E-state index in [0.29, 0.717) is 6.20 Å². The maximum Gasteiger partial charge on any atom is 0.330 e. The van der Waals surface area contributed by atoms with Crippen molar-refractivity contribution in [3.63, 3.8) is 0 Å². The first-order chi connectivity index (χ1) is 10.4. The fourth-order valence-corrected chi connectivity index (χ4v) is 2.08.